The van der Waals surface area contributed by atoms with Gasteiger partial charge >= 0.3 is 0 Å². The molecule has 2 nitrogen and oxygen atoms in total. The lowest BCUT2D eigenvalue weighted by Crippen LogP contribution is -2.30. The fraction of sp³-hybridized carbons (Fsp3) is 0.375. The summed E-state index contributed by atoms with van der Waals surface area (Å²) in [5, 5.41) is 11.7. The highest BCUT2D eigenvalue weighted by Crippen LogP contribution is 2.27. The second kappa shape index (κ2) is 6.22. The van der Waals surface area contributed by atoms with Crippen LogP contribution in [0.5, 0.6) is 0 Å². The Morgan fingerprint density at radius 1 is 1.26 bits per heavy atom. The fourth-order valence-corrected chi connectivity index (χ4v) is 2.94. The Morgan fingerprint density at radius 2 is 2.05 bits per heavy atom. The van der Waals surface area contributed by atoms with E-state index >= 15 is 0 Å². The van der Waals surface area contributed by atoms with Gasteiger partial charge in [0.15, 0.2) is 0 Å². The molecule has 0 aliphatic heterocycles. The van der Waals surface area contributed by atoms with E-state index < -0.39 is 0 Å². The van der Waals surface area contributed by atoms with Gasteiger partial charge in [-0.2, -0.15) is 0 Å². The van der Waals surface area contributed by atoms with Crippen molar-refractivity contribution in [3.05, 3.63) is 51.7 Å². The number of hydrogen-bond acceptors (Lipinski definition) is 3. The molecule has 0 atom stereocenters. The first-order valence-corrected chi connectivity index (χ1v) is 7.49. The molecule has 0 radical (unpaired) electrons. The number of aryl methyl sites for hydroxylation is 1. The van der Waals surface area contributed by atoms with Crippen molar-refractivity contribution in [2.75, 3.05) is 4.90 Å². The minimum absolute atomic E-state index is 0.0880. The molecule has 2 rings (SSSR count). The van der Waals surface area contributed by atoms with Crippen LogP contribution in [0.15, 0.2) is 35.7 Å². The van der Waals surface area contributed by atoms with Crippen molar-refractivity contribution < 1.29 is 5.11 Å². The molecule has 2 aromatic rings. The molecule has 0 amide bonds. The quantitative estimate of drug-likeness (QED) is 0.892. The van der Waals surface area contributed by atoms with Gasteiger partial charge in [0.25, 0.3) is 0 Å². The van der Waals surface area contributed by atoms with Gasteiger partial charge < -0.3 is 10.0 Å². The van der Waals surface area contributed by atoms with E-state index in [1.54, 1.807) is 11.3 Å². The summed E-state index contributed by atoms with van der Waals surface area (Å²) in [7, 11) is 0. The van der Waals surface area contributed by atoms with E-state index in [9.17, 15) is 5.11 Å². The molecule has 0 fully saturated rings. The van der Waals surface area contributed by atoms with E-state index in [4.69, 9.17) is 0 Å². The summed E-state index contributed by atoms with van der Waals surface area (Å²) in [4.78, 5) is 3.69. The molecule has 0 aliphatic rings. The Balaban J connectivity index is 2.33. The molecule has 102 valence electrons. The third-order valence-corrected chi connectivity index (χ3v) is 4.11. The molecule has 0 unspecified atom stereocenters. The Hall–Kier alpha value is -1.32. The first-order chi connectivity index (χ1) is 9.11. The standard InChI is InChI=1S/C16H21NOS/c1-12(2)17(10-15-5-4-8-19-15)16-7-6-13(3)9-14(16)11-18/h4-9,12,18H,10-11H2,1-3H3. The van der Waals surface area contributed by atoms with Crippen molar-refractivity contribution in [1.82, 2.24) is 0 Å². The first kappa shape index (κ1) is 14.1. The zero-order valence-corrected chi connectivity index (χ0v) is 12.6. The minimum Gasteiger partial charge on any atom is -0.392 e. The van der Waals surface area contributed by atoms with E-state index in [1.165, 1.54) is 10.4 Å². The van der Waals surface area contributed by atoms with Crippen molar-refractivity contribution in [1.29, 1.82) is 0 Å². The van der Waals surface area contributed by atoms with Crippen LogP contribution < -0.4 is 4.90 Å². The van der Waals surface area contributed by atoms with E-state index in [-0.39, 0.29) is 6.61 Å². The normalized spacial score (nSPS) is 11.0. The molecule has 0 bridgehead atoms. The first-order valence-electron chi connectivity index (χ1n) is 6.61. The zero-order chi connectivity index (χ0) is 13.8. The van der Waals surface area contributed by atoms with Crippen molar-refractivity contribution in [2.24, 2.45) is 0 Å². The highest BCUT2D eigenvalue weighted by molar-refractivity contribution is 7.09. The van der Waals surface area contributed by atoms with Gasteiger partial charge in [-0.05, 0) is 38.3 Å². The van der Waals surface area contributed by atoms with E-state index in [0.717, 1.165) is 17.8 Å². The third kappa shape index (κ3) is 3.37. The number of nitrogens with zero attached hydrogens (tertiary/aromatic N) is 1. The minimum atomic E-state index is 0.0880. The topological polar surface area (TPSA) is 23.5 Å². The molecule has 3 heteroatoms. The highest BCUT2D eigenvalue weighted by atomic mass is 32.1. The number of thiophene rings is 1. The molecule has 0 saturated carbocycles. The fourth-order valence-electron chi connectivity index (χ4n) is 2.24. The van der Waals surface area contributed by atoms with Crippen molar-refractivity contribution in [2.45, 2.75) is 40.0 Å². The van der Waals surface area contributed by atoms with Crippen LogP contribution in [0.2, 0.25) is 0 Å². The maximum absolute atomic E-state index is 9.58. The van der Waals surface area contributed by atoms with Crippen LogP contribution in [0.4, 0.5) is 5.69 Å². The summed E-state index contributed by atoms with van der Waals surface area (Å²) in [5.74, 6) is 0. The van der Waals surface area contributed by atoms with Crippen LogP contribution in [0.3, 0.4) is 0 Å². The third-order valence-electron chi connectivity index (χ3n) is 3.24. The van der Waals surface area contributed by atoms with Crippen LogP contribution in [-0.2, 0) is 13.2 Å². The predicted octanol–water partition coefficient (Wildman–Crippen LogP) is 3.96. The summed E-state index contributed by atoms with van der Waals surface area (Å²) in [6.45, 7) is 7.42. The highest BCUT2D eigenvalue weighted by Gasteiger charge is 2.15. The summed E-state index contributed by atoms with van der Waals surface area (Å²) in [6, 6.07) is 10.9. The molecule has 0 saturated heterocycles. The van der Waals surface area contributed by atoms with Crippen LogP contribution in [0, 0.1) is 6.92 Å². The molecule has 0 aliphatic carbocycles. The van der Waals surface area contributed by atoms with Gasteiger partial charge in [0.05, 0.1) is 13.2 Å². The summed E-state index contributed by atoms with van der Waals surface area (Å²) in [5.41, 5.74) is 3.33. The van der Waals surface area contributed by atoms with Crippen molar-refractivity contribution >= 4 is 17.0 Å². The SMILES string of the molecule is Cc1ccc(N(Cc2cccs2)C(C)C)c(CO)c1. The van der Waals surface area contributed by atoms with Gasteiger partial charge in [0.1, 0.15) is 0 Å². The van der Waals surface area contributed by atoms with Crippen LogP contribution in [0.1, 0.15) is 29.9 Å². The van der Waals surface area contributed by atoms with Crippen molar-refractivity contribution in [3.8, 4) is 0 Å². The molecule has 0 spiro atoms. The van der Waals surface area contributed by atoms with Crippen LogP contribution >= 0.6 is 11.3 Å². The number of aliphatic hydroxyl groups excluding tert-OH is 1. The maximum atomic E-state index is 9.58. The Labute approximate surface area is 119 Å². The Morgan fingerprint density at radius 3 is 2.63 bits per heavy atom. The number of benzene rings is 1. The molecular formula is C16H21NOS. The molecule has 1 aromatic heterocycles. The zero-order valence-electron chi connectivity index (χ0n) is 11.8. The number of aliphatic hydroxyl groups is 1. The van der Waals surface area contributed by atoms with Gasteiger partial charge in [-0.25, -0.2) is 0 Å². The van der Waals surface area contributed by atoms with E-state index in [0.29, 0.717) is 6.04 Å². The van der Waals surface area contributed by atoms with Gasteiger partial charge in [0, 0.05) is 22.2 Å². The second-order valence-electron chi connectivity index (χ2n) is 5.09. The molecule has 1 heterocycles. The number of rotatable bonds is 5. The molecular weight excluding hydrogens is 254 g/mol. The molecule has 19 heavy (non-hydrogen) atoms. The maximum Gasteiger partial charge on any atom is 0.0702 e. The van der Waals surface area contributed by atoms with Gasteiger partial charge in [0.2, 0.25) is 0 Å². The lowest BCUT2D eigenvalue weighted by atomic mass is 10.1. The predicted molar refractivity (Wildman–Crippen MR) is 82.7 cm³/mol. The second-order valence-corrected chi connectivity index (χ2v) is 6.12. The summed E-state index contributed by atoms with van der Waals surface area (Å²) < 4.78 is 0. The van der Waals surface area contributed by atoms with Gasteiger partial charge in [-0.15, -0.1) is 11.3 Å². The molecule has 1 N–H and O–H groups in total. The smallest absolute Gasteiger partial charge is 0.0702 e. The Bertz CT molecular complexity index is 520. The summed E-state index contributed by atoms with van der Waals surface area (Å²) >= 11 is 1.78. The monoisotopic (exact) mass is 275 g/mol. The van der Waals surface area contributed by atoms with Crippen LogP contribution in [0.25, 0.3) is 0 Å². The van der Waals surface area contributed by atoms with E-state index in [1.807, 2.05) is 0 Å². The number of hydrogen-bond donors (Lipinski definition) is 1. The average Bonchev–Trinajstić information content (AvgIpc) is 2.89. The van der Waals surface area contributed by atoms with E-state index in [2.05, 4.69) is 61.4 Å². The van der Waals surface area contributed by atoms with Crippen molar-refractivity contribution in [3.63, 3.8) is 0 Å². The number of anilines is 1. The van der Waals surface area contributed by atoms with Gasteiger partial charge in [-0.1, -0.05) is 23.8 Å². The van der Waals surface area contributed by atoms with Gasteiger partial charge in [-0.3, -0.25) is 0 Å². The van der Waals surface area contributed by atoms with Crippen LogP contribution in [-0.4, -0.2) is 11.1 Å². The largest absolute Gasteiger partial charge is 0.392 e. The molecule has 1 aromatic carbocycles. The lowest BCUT2D eigenvalue weighted by Gasteiger charge is -2.30. The summed E-state index contributed by atoms with van der Waals surface area (Å²) in [6.07, 6.45) is 0. The Kier molecular flexibility index (Phi) is 4.61. The lowest BCUT2D eigenvalue weighted by molar-refractivity contribution is 0.281. The average molecular weight is 275 g/mol.